The van der Waals surface area contributed by atoms with Crippen molar-refractivity contribution < 1.29 is 14.3 Å². The van der Waals surface area contributed by atoms with Crippen molar-refractivity contribution in [2.75, 3.05) is 4.90 Å². The maximum Gasteiger partial charge on any atom is 0.307 e. The van der Waals surface area contributed by atoms with Gasteiger partial charge in [-0.1, -0.05) is 35.9 Å². The fourth-order valence-corrected chi connectivity index (χ4v) is 5.08. The second-order valence-electron chi connectivity index (χ2n) is 7.87. The van der Waals surface area contributed by atoms with Gasteiger partial charge in [0, 0.05) is 30.6 Å². The summed E-state index contributed by atoms with van der Waals surface area (Å²) in [5, 5.41) is 3.90. The molecule has 0 aliphatic rings. The molecule has 0 radical (unpaired) electrons. The smallest absolute Gasteiger partial charge is 0.307 e. The molecule has 0 atom stereocenters. The molecule has 1 amide bonds. The van der Waals surface area contributed by atoms with Crippen molar-refractivity contribution in [2.45, 2.75) is 40.3 Å². The number of aromatic nitrogens is 2. The Morgan fingerprint density at radius 2 is 1.97 bits per heavy atom. The Morgan fingerprint density at radius 3 is 2.73 bits per heavy atom. The van der Waals surface area contributed by atoms with Crippen LogP contribution in [0.3, 0.4) is 0 Å². The molecule has 4 aromatic rings. The summed E-state index contributed by atoms with van der Waals surface area (Å²) in [5.74, 6) is -0.496. The highest BCUT2D eigenvalue weighted by molar-refractivity contribution is 7.14. The van der Waals surface area contributed by atoms with Crippen LogP contribution in [0.1, 0.15) is 30.2 Å². The van der Waals surface area contributed by atoms with Gasteiger partial charge in [-0.05, 0) is 48.6 Å². The van der Waals surface area contributed by atoms with Crippen LogP contribution in [0.15, 0.2) is 54.0 Å². The topological polar surface area (TPSA) is 64.4 Å². The lowest BCUT2D eigenvalue weighted by Gasteiger charge is -2.22. The van der Waals surface area contributed by atoms with E-state index in [4.69, 9.17) is 16.3 Å². The van der Waals surface area contributed by atoms with Crippen LogP contribution in [-0.2, 0) is 27.5 Å². The van der Waals surface area contributed by atoms with Gasteiger partial charge in [0.2, 0.25) is 5.91 Å². The van der Waals surface area contributed by atoms with Crippen LogP contribution < -0.4 is 4.90 Å². The summed E-state index contributed by atoms with van der Waals surface area (Å²) in [5.41, 5.74) is 4.19. The van der Waals surface area contributed by atoms with Crippen molar-refractivity contribution in [1.82, 2.24) is 9.55 Å². The fourth-order valence-electron chi connectivity index (χ4n) is 3.82. The van der Waals surface area contributed by atoms with E-state index in [1.165, 1.54) is 23.2 Å². The van der Waals surface area contributed by atoms with Crippen LogP contribution in [-0.4, -0.2) is 21.4 Å². The summed E-state index contributed by atoms with van der Waals surface area (Å²) >= 11 is 7.76. The van der Waals surface area contributed by atoms with Crippen LogP contribution in [0, 0.1) is 13.8 Å². The third kappa shape index (κ3) is 5.10. The lowest BCUT2D eigenvalue weighted by molar-refractivity contribution is -0.145. The van der Waals surface area contributed by atoms with Gasteiger partial charge in [-0.25, -0.2) is 4.98 Å². The largest absolute Gasteiger partial charge is 0.459 e. The number of thiazole rings is 1. The number of hydrogen-bond donors (Lipinski definition) is 0. The maximum atomic E-state index is 12.4. The molecule has 2 aromatic heterocycles. The Labute approximate surface area is 201 Å². The van der Waals surface area contributed by atoms with Gasteiger partial charge in [-0.15, -0.1) is 11.3 Å². The van der Waals surface area contributed by atoms with E-state index in [1.807, 2.05) is 67.1 Å². The second kappa shape index (κ2) is 9.77. The van der Waals surface area contributed by atoms with Crippen LogP contribution in [0.4, 0.5) is 10.8 Å². The number of benzene rings is 2. The lowest BCUT2D eigenvalue weighted by Crippen LogP contribution is -2.24. The van der Waals surface area contributed by atoms with E-state index in [0.717, 1.165) is 22.0 Å². The van der Waals surface area contributed by atoms with E-state index >= 15 is 0 Å². The number of halogens is 1. The molecule has 0 bridgehead atoms. The highest BCUT2D eigenvalue weighted by Gasteiger charge is 2.23. The molecular formula is C25H24ClN3O3S. The second-order valence-corrected chi connectivity index (χ2v) is 9.11. The monoisotopic (exact) mass is 481 g/mol. The van der Waals surface area contributed by atoms with Crippen LogP contribution >= 0.6 is 22.9 Å². The van der Waals surface area contributed by atoms with Gasteiger partial charge in [0.25, 0.3) is 0 Å². The minimum atomic E-state index is -0.303. The van der Waals surface area contributed by atoms with Gasteiger partial charge in [0.05, 0.1) is 22.8 Å². The van der Waals surface area contributed by atoms with Crippen LogP contribution in [0.25, 0.3) is 10.9 Å². The molecule has 0 unspecified atom stereocenters. The highest BCUT2D eigenvalue weighted by Crippen LogP contribution is 2.37. The highest BCUT2D eigenvalue weighted by atomic mass is 35.5. The number of hydrogen-bond acceptors (Lipinski definition) is 5. The average Bonchev–Trinajstić information content (AvgIpc) is 3.40. The normalized spacial score (nSPS) is 11.0. The number of fused-ring (bicyclic) bond motifs is 1. The van der Waals surface area contributed by atoms with Crippen LogP contribution in [0.5, 0.6) is 0 Å². The third-order valence-electron chi connectivity index (χ3n) is 5.29. The molecule has 0 fully saturated rings. The molecule has 4 rings (SSSR count). The van der Waals surface area contributed by atoms with Gasteiger partial charge in [0.15, 0.2) is 5.13 Å². The van der Waals surface area contributed by atoms with Gasteiger partial charge in [-0.2, -0.15) is 0 Å². The molecule has 33 heavy (non-hydrogen) atoms. The first-order valence-electron chi connectivity index (χ1n) is 10.5. The standard InChI is InChI=1S/C25H24ClN3O3S/c1-16-12-17(2)24(21(26)13-16)29(18(3)30)25-27-20(15-33-25)14-32-23(31)9-11-28-10-8-19-6-4-5-7-22(19)28/h4-8,10,12-13,15H,9,11,14H2,1-3H3. The minimum Gasteiger partial charge on any atom is -0.459 e. The predicted molar refractivity (Wildman–Crippen MR) is 132 cm³/mol. The molecule has 0 saturated heterocycles. The molecule has 0 N–H and O–H groups in total. The summed E-state index contributed by atoms with van der Waals surface area (Å²) < 4.78 is 7.46. The quantitative estimate of drug-likeness (QED) is 0.295. The number of rotatable bonds is 7. The SMILES string of the molecule is CC(=O)N(c1nc(COC(=O)CCn2ccc3ccccc32)cs1)c1c(C)cc(C)cc1Cl. The van der Waals surface area contributed by atoms with E-state index in [1.54, 1.807) is 5.38 Å². The first-order chi connectivity index (χ1) is 15.8. The Balaban J connectivity index is 1.40. The van der Waals surface area contributed by atoms with Gasteiger partial charge >= 0.3 is 5.97 Å². The number of amides is 1. The zero-order valence-corrected chi connectivity index (χ0v) is 20.2. The number of aryl methyl sites for hydroxylation is 3. The molecule has 0 aliphatic carbocycles. The summed E-state index contributed by atoms with van der Waals surface area (Å²) in [4.78, 5) is 30.8. The van der Waals surface area contributed by atoms with Crippen molar-refractivity contribution in [2.24, 2.45) is 0 Å². The molecule has 2 heterocycles. The molecule has 2 aromatic carbocycles. The average molecular weight is 482 g/mol. The van der Waals surface area contributed by atoms with E-state index in [9.17, 15) is 9.59 Å². The maximum absolute atomic E-state index is 12.4. The van der Waals surface area contributed by atoms with Gasteiger partial charge in [-0.3, -0.25) is 14.5 Å². The van der Waals surface area contributed by atoms with E-state index in [2.05, 4.69) is 4.98 Å². The van der Waals surface area contributed by atoms with Crippen molar-refractivity contribution in [3.63, 3.8) is 0 Å². The molecule has 8 heteroatoms. The molecule has 0 spiro atoms. The summed E-state index contributed by atoms with van der Waals surface area (Å²) in [6.45, 7) is 5.93. The van der Waals surface area contributed by atoms with Crippen molar-refractivity contribution >= 4 is 56.5 Å². The molecule has 6 nitrogen and oxygen atoms in total. The van der Waals surface area contributed by atoms with Crippen molar-refractivity contribution in [1.29, 1.82) is 0 Å². The number of carbonyl (C=O) groups is 2. The van der Waals surface area contributed by atoms with E-state index < -0.39 is 0 Å². The summed E-state index contributed by atoms with van der Waals surface area (Å²) in [7, 11) is 0. The van der Waals surface area contributed by atoms with E-state index in [0.29, 0.717) is 28.1 Å². The number of nitrogens with zero attached hydrogens (tertiary/aromatic N) is 3. The first kappa shape index (κ1) is 23.0. The minimum absolute atomic E-state index is 0.0497. The van der Waals surface area contributed by atoms with Crippen molar-refractivity contribution in [3.05, 3.63) is 75.9 Å². The Hall–Kier alpha value is -3.16. The van der Waals surface area contributed by atoms with Gasteiger partial charge < -0.3 is 9.30 Å². The summed E-state index contributed by atoms with van der Waals surface area (Å²) in [6.07, 6.45) is 2.23. The van der Waals surface area contributed by atoms with Gasteiger partial charge in [0.1, 0.15) is 6.61 Å². The van der Waals surface area contributed by atoms with E-state index in [-0.39, 0.29) is 24.9 Å². The Morgan fingerprint density at radius 1 is 1.18 bits per heavy atom. The van der Waals surface area contributed by atoms with Crippen LogP contribution in [0.2, 0.25) is 5.02 Å². The zero-order chi connectivity index (χ0) is 23.5. The lowest BCUT2D eigenvalue weighted by atomic mass is 10.1. The number of para-hydroxylation sites is 1. The number of esters is 1. The number of ether oxygens (including phenoxy) is 1. The number of anilines is 2. The Kier molecular flexibility index (Phi) is 6.81. The Bertz CT molecular complexity index is 1300. The summed E-state index contributed by atoms with van der Waals surface area (Å²) in [6, 6.07) is 13.9. The third-order valence-corrected chi connectivity index (χ3v) is 6.45. The molecule has 0 saturated carbocycles. The molecular weight excluding hydrogens is 458 g/mol. The number of carbonyl (C=O) groups excluding carboxylic acids is 2. The first-order valence-corrected chi connectivity index (χ1v) is 11.8. The zero-order valence-electron chi connectivity index (χ0n) is 18.7. The van der Waals surface area contributed by atoms with Crippen molar-refractivity contribution in [3.8, 4) is 0 Å². The molecule has 0 aliphatic heterocycles. The molecule has 170 valence electrons. The fraction of sp³-hybridized carbons (Fsp3) is 0.240. The predicted octanol–water partition coefficient (Wildman–Crippen LogP) is 6.19.